The van der Waals surface area contributed by atoms with Gasteiger partial charge in [0, 0.05) is 10.7 Å². The molecule has 5 heteroatoms. The third kappa shape index (κ3) is 1.27. The summed E-state index contributed by atoms with van der Waals surface area (Å²) in [6.45, 7) is 8.01. The van der Waals surface area contributed by atoms with E-state index in [1.807, 2.05) is 27.7 Å². The number of halogens is 2. The first kappa shape index (κ1) is 11.9. The summed E-state index contributed by atoms with van der Waals surface area (Å²) in [4.78, 5) is 0. The van der Waals surface area contributed by atoms with E-state index in [2.05, 4.69) is 0 Å². The normalized spacial score (nSPS) is 45.7. The van der Waals surface area contributed by atoms with Crippen LogP contribution in [0.15, 0.2) is 0 Å². The van der Waals surface area contributed by atoms with Gasteiger partial charge in [-0.05, 0) is 47.0 Å². The summed E-state index contributed by atoms with van der Waals surface area (Å²) in [5.41, 5.74) is -1.42. The molecule has 0 spiro atoms. The fourth-order valence-corrected chi connectivity index (χ4v) is 3.52. The standard InChI is InChI=1S/C12H19BF2O2/c1-9(2)10(3,4)17-13(16-9)12-5-11(6-12,7-12)8(14)15/h8H,5-7H2,1-4H3. The van der Waals surface area contributed by atoms with E-state index in [0.29, 0.717) is 19.3 Å². The molecule has 2 bridgehead atoms. The molecule has 3 aliphatic carbocycles. The first-order valence-electron chi connectivity index (χ1n) is 6.26. The summed E-state index contributed by atoms with van der Waals surface area (Å²) >= 11 is 0. The second-order valence-electron chi connectivity index (χ2n) is 7.14. The zero-order valence-corrected chi connectivity index (χ0v) is 10.8. The molecule has 3 saturated carbocycles. The minimum Gasteiger partial charge on any atom is -0.403 e. The quantitative estimate of drug-likeness (QED) is 0.694. The largest absolute Gasteiger partial charge is 0.464 e. The van der Waals surface area contributed by atoms with E-state index in [1.165, 1.54) is 0 Å². The number of hydrogen-bond donors (Lipinski definition) is 0. The minimum atomic E-state index is -2.19. The van der Waals surface area contributed by atoms with E-state index in [1.54, 1.807) is 0 Å². The van der Waals surface area contributed by atoms with Crippen molar-refractivity contribution in [1.29, 1.82) is 0 Å². The van der Waals surface area contributed by atoms with Crippen LogP contribution in [0, 0.1) is 5.41 Å². The van der Waals surface area contributed by atoms with Gasteiger partial charge >= 0.3 is 7.12 Å². The van der Waals surface area contributed by atoms with Gasteiger partial charge < -0.3 is 9.31 Å². The van der Waals surface area contributed by atoms with Gasteiger partial charge in [0.25, 0.3) is 0 Å². The maximum atomic E-state index is 12.8. The van der Waals surface area contributed by atoms with Crippen molar-refractivity contribution in [2.45, 2.75) is 69.9 Å². The van der Waals surface area contributed by atoms with Crippen molar-refractivity contribution in [2.24, 2.45) is 5.41 Å². The smallest absolute Gasteiger partial charge is 0.403 e. The molecule has 0 amide bonds. The number of hydrogen-bond acceptors (Lipinski definition) is 2. The van der Waals surface area contributed by atoms with Crippen molar-refractivity contribution < 1.29 is 18.1 Å². The highest BCUT2D eigenvalue weighted by Gasteiger charge is 2.79. The van der Waals surface area contributed by atoms with Crippen LogP contribution < -0.4 is 0 Å². The molecule has 4 fully saturated rings. The molecule has 0 unspecified atom stereocenters. The summed E-state index contributed by atoms with van der Waals surface area (Å²) in [6, 6.07) is 0. The van der Waals surface area contributed by atoms with Gasteiger partial charge in [-0.3, -0.25) is 0 Å². The first-order valence-corrected chi connectivity index (χ1v) is 6.26. The summed E-state index contributed by atoms with van der Waals surface area (Å²) in [5, 5.41) is -0.124. The Morgan fingerprint density at radius 2 is 1.35 bits per heavy atom. The highest BCUT2D eigenvalue weighted by Crippen LogP contribution is 2.82. The van der Waals surface area contributed by atoms with Gasteiger partial charge in [-0.15, -0.1) is 0 Å². The Kier molecular flexibility index (Phi) is 2.01. The van der Waals surface area contributed by atoms with Crippen LogP contribution in [-0.4, -0.2) is 24.7 Å². The van der Waals surface area contributed by atoms with Gasteiger partial charge in [-0.1, -0.05) is 0 Å². The molecular weight excluding hydrogens is 225 g/mol. The molecule has 1 aliphatic heterocycles. The van der Waals surface area contributed by atoms with Crippen LogP contribution in [-0.2, 0) is 9.31 Å². The van der Waals surface area contributed by atoms with Gasteiger partial charge in [0.1, 0.15) is 0 Å². The minimum absolute atomic E-state index is 0.124. The van der Waals surface area contributed by atoms with Crippen LogP contribution in [0.3, 0.4) is 0 Å². The molecule has 0 N–H and O–H groups in total. The number of rotatable bonds is 2. The molecule has 1 heterocycles. The van der Waals surface area contributed by atoms with Crippen molar-refractivity contribution >= 4 is 7.12 Å². The van der Waals surface area contributed by atoms with Gasteiger partial charge in [0.15, 0.2) is 0 Å². The molecule has 2 nitrogen and oxygen atoms in total. The van der Waals surface area contributed by atoms with Crippen molar-refractivity contribution in [1.82, 2.24) is 0 Å². The van der Waals surface area contributed by atoms with Gasteiger partial charge in [-0.2, -0.15) is 0 Å². The topological polar surface area (TPSA) is 18.5 Å². The summed E-state index contributed by atoms with van der Waals surface area (Å²) in [7, 11) is -0.298. The van der Waals surface area contributed by atoms with Crippen molar-refractivity contribution in [3.63, 3.8) is 0 Å². The zero-order valence-electron chi connectivity index (χ0n) is 10.8. The predicted molar refractivity (Wildman–Crippen MR) is 61.1 cm³/mol. The van der Waals surface area contributed by atoms with Crippen molar-refractivity contribution in [3.05, 3.63) is 0 Å². The molecule has 0 aromatic carbocycles. The molecule has 0 aromatic heterocycles. The van der Waals surface area contributed by atoms with Gasteiger partial charge in [0.2, 0.25) is 6.43 Å². The van der Waals surface area contributed by atoms with E-state index in [-0.39, 0.29) is 23.6 Å². The Balaban J connectivity index is 1.71. The Labute approximate surface area is 101 Å². The van der Waals surface area contributed by atoms with Crippen LogP contribution >= 0.6 is 0 Å². The monoisotopic (exact) mass is 244 g/mol. The number of alkyl halides is 2. The van der Waals surface area contributed by atoms with Gasteiger partial charge in [-0.25, -0.2) is 8.78 Å². The predicted octanol–water partition coefficient (Wildman–Crippen LogP) is 3.27. The molecule has 4 rings (SSSR count). The molecule has 0 atom stereocenters. The van der Waals surface area contributed by atoms with Crippen LogP contribution in [0.2, 0.25) is 5.31 Å². The molecule has 0 aromatic rings. The lowest BCUT2D eigenvalue weighted by Gasteiger charge is -2.70. The zero-order chi connectivity index (χ0) is 12.7. The Morgan fingerprint density at radius 3 is 1.71 bits per heavy atom. The van der Waals surface area contributed by atoms with E-state index in [0.717, 1.165) is 0 Å². The maximum Gasteiger partial charge on any atom is 0.464 e. The molecule has 1 saturated heterocycles. The van der Waals surface area contributed by atoms with Crippen LogP contribution in [0.4, 0.5) is 8.78 Å². The highest BCUT2D eigenvalue weighted by atomic mass is 19.3. The lowest BCUT2D eigenvalue weighted by atomic mass is 9.24. The van der Waals surface area contributed by atoms with Crippen molar-refractivity contribution in [3.8, 4) is 0 Å². The lowest BCUT2D eigenvalue weighted by Crippen LogP contribution is -2.66. The average Bonchev–Trinajstić information content (AvgIpc) is 2.13. The second kappa shape index (κ2) is 2.88. The summed E-state index contributed by atoms with van der Waals surface area (Å²) < 4.78 is 37.5. The summed E-state index contributed by atoms with van der Waals surface area (Å²) in [5.74, 6) is 0. The van der Waals surface area contributed by atoms with E-state index in [4.69, 9.17) is 9.31 Å². The molecule has 0 radical (unpaired) electrons. The van der Waals surface area contributed by atoms with Crippen LogP contribution in [0.1, 0.15) is 47.0 Å². The first-order chi connectivity index (χ1) is 7.63. The van der Waals surface area contributed by atoms with E-state index < -0.39 is 11.8 Å². The Hall–Kier alpha value is -0.155. The van der Waals surface area contributed by atoms with E-state index >= 15 is 0 Å². The van der Waals surface area contributed by atoms with E-state index in [9.17, 15) is 8.78 Å². The third-order valence-corrected chi connectivity index (χ3v) is 5.33. The summed E-state index contributed by atoms with van der Waals surface area (Å²) in [6.07, 6.45) is -0.496. The van der Waals surface area contributed by atoms with Gasteiger partial charge in [0.05, 0.1) is 11.2 Å². The molecule has 17 heavy (non-hydrogen) atoms. The van der Waals surface area contributed by atoms with Crippen molar-refractivity contribution in [2.75, 3.05) is 0 Å². The lowest BCUT2D eigenvalue weighted by molar-refractivity contribution is -0.198. The molecule has 96 valence electrons. The fourth-order valence-electron chi connectivity index (χ4n) is 3.52. The van der Waals surface area contributed by atoms with Crippen LogP contribution in [0.5, 0.6) is 0 Å². The van der Waals surface area contributed by atoms with Crippen LogP contribution in [0.25, 0.3) is 0 Å². The SMILES string of the molecule is CC1(C)OB(C23CC(C(F)F)(C2)C3)OC1(C)C. The molecule has 4 aliphatic rings. The average molecular weight is 244 g/mol. The highest BCUT2D eigenvalue weighted by molar-refractivity contribution is 6.51. The Bertz CT molecular complexity index is 332. The fraction of sp³-hybridized carbons (Fsp3) is 1.00. The maximum absolute atomic E-state index is 12.8. The Morgan fingerprint density at radius 1 is 0.941 bits per heavy atom. The second-order valence-corrected chi connectivity index (χ2v) is 7.14. The molecular formula is C12H19BF2O2. The third-order valence-electron chi connectivity index (χ3n) is 5.33.